The fourth-order valence-corrected chi connectivity index (χ4v) is 10.8. The van der Waals surface area contributed by atoms with Crippen LogP contribution in [0.3, 0.4) is 0 Å². The maximum atomic E-state index is 13.5. The molecule has 7 nitrogen and oxygen atoms in total. The number of benzene rings is 4. The van der Waals surface area contributed by atoms with Gasteiger partial charge < -0.3 is 9.97 Å². The highest BCUT2D eigenvalue weighted by Crippen LogP contribution is 2.45. The first-order valence-electron chi connectivity index (χ1n) is 21.7. The third-order valence-corrected chi connectivity index (χ3v) is 12.8. The number of hydrogen-bond donors (Lipinski definition) is 2. The van der Waals surface area contributed by atoms with Crippen LogP contribution in [0.4, 0.5) is 5.69 Å². The van der Waals surface area contributed by atoms with Gasteiger partial charge in [-0.25, -0.2) is 9.97 Å². The third kappa shape index (κ3) is 7.02. The van der Waals surface area contributed by atoms with E-state index in [9.17, 15) is 10.1 Å². The first-order valence-corrected chi connectivity index (χ1v) is 21.7. The number of H-pyrrole nitrogens is 2. The minimum Gasteiger partial charge on any atom is -0.354 e. The van der Waals surface area contributed by atoms with Crippen molar-refractivity contribution >= 4 is 52.1 Å². The molecule has 0 saturated carbocycles. The van der Waals surface area contributed by atoms with Crippen molar-refractivity contribution in [1.82, 2.24) is 19.9 Å². The molecule has 63 heavy (non-hydrogen) atoms. The number of nitrogens with one attached hydrogen (secondary N) is 2. The van der Waals surface area contributed by atoms with Gasteiger partial charge in [-0.15, -0.1) is 0 Å². The van der Waals surface area contributed by atoms with Gasteiger partial charge in [0.25, 0.3) is 5.69 Å². The number of hydrogen-bond acceptors (Lipinski definition) is 4. The molecule has 0 amide bonds. The fourth-order valence-electron chi connectivity index (χ4n) is 10.8. The lowest BCUT2D eigenvalue weighted by molar-refractivity contribution is -0.382. The minimum atomic E-state index is -0.270. The van der Waals surface area contributed by atoms with Crippen LogP contribution < -0.4 is 0 Å². The average molecular weight is 828 g/mol. The maximum absolute atomic E-state index is 13.5. The largest absolute Gasteiger partial charge is 0.354 e. The Balaban J connectivity index is 1.59. The van der Waals surface area contributed by atoms with Crippen molar-refractivity contribution in [3.63, 3.8) is 0 Å². The van der Waals surface area contributed by atoms with Gasteiger partial charge in [0.1, 0.15) is 5.52 Å². The number of rotatable bonds is 5. The van der Waals surface area contributed by atoms with Gasteiger partial charge in [0.2, 0.25) is 0 Å². The molecular weight excluding hydrogens is 775 g/mol. The summed E-state index contributed by atoms with van der Waals surface area (Å²) in [7, 11) is 0. The minimum absolute atomic E-state index is 0.0268. The van der Waals surface area contributed by atoms with E-state index in [0.29, 0.717) is 22.3 Å². The van der Waals surface area contributed by atoms with Crippen LogP contribution in [0.25, 0.3) is 90.9 Å². The van der Waals surface area contributed by atoms with E-state index in [-0.39, 0.29) is 10.6 Å². The fraction of sp³-hybridized carbons (Fsp3) is 0.214. The summed E-state index contributed by atoms with van der Waals surface area (Å²) >= 11 is 0. The van der Waals surface area contributed by atoms with Crippen LogP contribution in [0.15, 0.2) is 66.7 Å². The predicted octanol–water partition coefficient (Wildman–Crippen LogP) is 14.9. The van der Waals surface area contributed by atoms with Gasteiger partial charge in [-0.05, 0) is 186 Å². The second kappa shape index (κ2) is 15.3. The zero-order chi connectivity index (χ0) is 44.8. The van der Waals surface area contributed by atoms with Crippen molar-refractivity contribution < 1.29 is 4.92 Å². The molecule has 2 aliphatic rings. The van der Waals surface area contributed by atoms with Crippen molar-refractivity contribution in [2.24, 2.45) is 0 Å². The average Bonchev–Trinajstić information content (AvgIpc) is 4.02. The molecule has 314 valence electrons. The van der Waals surface area contributed by atoms with E-state index >= 15 is 0 Å². The van der Waals surface area contributed by atoms with E-state index in [4.69, 9.17) is 9.97 Å². The molecule has 3 aromatic heterocycles. The van der Waals surface area contributed by atoms with Crippen LogP contribution in [-0.2, 0) is 0 Å². The van der Waals surface area contributed by atoms with Gasteiger partial charge in [0.15, 0.2) is 0 Å². The first kappa shape index (κ1) is 41.2. The lowest BCUT2D eigenvalue weighted by Gasteiger charge is -2.15. The number of aromatic amines is 2. The van der Waals surface area contributed by atoms with Gasteiger partial charge >= 0.3 is 0 Å². The number of nitrogens with zero attached hydrogens (tertiary/aromatic N) is 3. The molecule has 0 spiro atoms. The van der Waals surface area contributed by atoms with E-state index in [2.05, 4.69) is 172 Å². The van der Waals surface area contributed by atoms with Gasteiger partial charge in [0, 0.05) is 39.4 Å². The summed E-state index contributed by atoms with van der Waals surface area (Å²) in [5.41, 5.74) is 26.7. The van der Waals surface area contributed by atoms with E-state index < -0.39 is 0 Å². The molecule has 0 atom stereocenters. The lowest BCUT2D eigenvalue weighted by atomic mass is 9.92. The second-order valence-electron chi connectivity index (χ2n) is 18.0. The van der Waals surface area contributed by atoms with Crippen LogP contribution >= 0.6 is 0 Å². The van der Waals surface area contributed by atoms with Crippen molar-refractivity contribution in [3.8, 4) is 44.5 Å². The zero-order valence-electron chi connectivity index (χ0n) is 38.3. The molecule has 0 aliphatic carbocycles. The van der Waals surface area contributed by atoms with Crippen LogP contribution in [0.1, 0.15) is 89.5 Å². The summed E-state index contributed by atoms with van der Waals surface area (Å²) in [6.45, 7) is 25.5. The lowest BCUT2D eigenvalue weighted by Crippen LogP contribution is -1.97. The zero-order valence-corrected chi connectivity index (χ0v) is 38.3. The number of fused-ring (bicyclic) bond motifs is 8. The summed E-state index contributed by atoms with van der Waals surface area (Å²) in [5.74, 6) is 0. The SMILES string of the molecule is Cc1cc(C)c(-c2c3nc(c(-c4c(C)cc(C)cc4C)c4cc([N+](=O)[O-])c([nH]4)c(-c4c(C)cc(C)cc4C)c4nc(c(-c5c(C)cc(C)cc5C)c5ccc2[nH]5)C=C4)C=C3)c(C)c1. The predicted molar refractivity (Wildman–Crippen MR) is 264 cm³/mol. The van der Waals surface area contributed by atoms with E-state index in [0.717, 1.165) is 123 Å². The van der Waals surface area contributed by atoms with Gasteiger partial charge in [-0.1, -0.05) is 70.8 Å². The Morgan fingerprint density at radius 3 is 0.984 bits per heavy atom. The number of nitro groups is 1. The van der Waals surface area contributed by atoms with Crippen molar-refractivity contribution in [2.75, 3.05) is 0 Å². The Morgan fingerprint density at radius 2 is 0.667 bits per heavy atom. The summed E-state index contributed by atoms with van der Waals surface area (Å²) in [6, 6.07) is 23.6. The first-order chi connectivity index (χ1) is 30.0. The van der Waals surface area contributed by atoms with E-state index in [1.54, 1.807) is 6.07 Å². The standard InChI is InChI=1S/C56H53N5O2/c1-28-19-32(5)48(33(6)20-28)52-40-13-14-41(57-40)53(49-34(7)21-29(2)22-35(49)8)43-17-18-45(59-43)55(51-38(11)25-31(4)26-39(51)12)56-47(61(62)63)27-46(60-56)54(44-16-15-42(52)58-44)50-36(9)23-30(3)24-37(50)10/h13-27,57,60H,1-12H3. The topological polar surface area (TPSA) is 100 Å². The molecule has 0 unspecified atom stereocenters. The Bertz CT molecular complexity index is 3300. The highest BCUT2D eigenvalue weighted by Gasteiger charge is 2.27. The highest BCUT2D eigenvalue weighted by molar-refractivity contribution is 6.04. The van der Waals surface area contributed by atoms with Gasteiger partial charge in [-0.2, -0.15) is 0 Å². The molecule has 4 aromatic carbocycles. The van der Waals surface area contributed by atoms with Crippen molar-refractivity contribution in [3.05, 3.63) is 166 Å². The molecule has 0 saturated heterocycles. The van der Waals surface area contributed by atoms with Crippen LogP contribution in [0.5, 0.6) is 0 Å². The molecule has 2 N–H and O–H groups in total. The number of aromatic nitrogens is 4. The summed E-state index contributed by atoms with van der Waals surface area (Å²) in [4.78, 5) is 31.9. The quantitative estimate of drug-likeness (QED) is 0.133. The monoisotopic (exact) mass is 827 g/mol. The van der Waals surface area contributed by atoms with Gasteiger partial charge in [0.05, 0.1) is 33.2 Å². The molecule has 8 bridgehead atoms. The van der Waals surface area contributed by atoms with Crippen LogP contribution in [0.2, 0.25) is 0 Å². The highest BCUT2D eigenvalue weighted by atomic mass is 16.6. The molecule has 2 aliphatic heterocycles. The Morgan fingerprint density at radius 1 is 0.381 bits per heavy atom. The van der Waals surface area contributed by atoms with Crippen LogP contribution in [0, 0.1) is 93.2 Å². The van der Waals surface area contributed by atoms with Gasteiger partial charge in [-0.3, -0.25) is 10.1 Å². The van der Waals surface area contributed by atoms with E-state index in [1.807, 2.05) is 6.08 Å². The molecule has 5 heterocycles. The summed E-state index contributed by atoms with van der Waals surface area (Å²) in [5, 5.41) is 13.5. The maximum Gasteiger partial charge on any atom is 0.295 e. The molecular formula is C56H53N5O2. The summed E-state index contributed by atoms with van der Waals surface area (Å²) < 4.78 is 0. The van der Waals surface area contributed by atoms with Crippen molar-refractivity contribution in [2.45, 2.75) is 83.1 Å². The third-order valence-electron chi connectivity index (χ3n) is 12.8. The Kier molecular flexibility index (Phi) is 10.0. The molecule has 9 rings (SSSR count). The molecule has 0 fully saturated rings. The van der Waals surface area contributed by atoms with Crippen molar-refractivity contribution in [1.29, 1.82) is 0 Å². The number of aryl methyl sites for hydroxylation is 12. The smallest absolute Gasteiger partial charge is 0.295 e. The normalized spacial score (nSPS) is 12.1. The van der Waals surface area contributed by atoms with E-state index in [1.165, 1.54) is 11.1 Å². The molecule has 7 aromatic rings. The second-order valence-corrected chi connectivity index (χ2v) is 18.0. The molecule has 0 radical (unpaired) electrons. The summed E-state index contributed by atoms with van der Waals surface area (Å²) in [6.07, 6.45) is 8.25. The molecule has 7 heteroatoms. The Labute approximate surface area is 369 Å². The van der Waals surface area contributed by atoms with Crippen LogP contribution in [-0.4, -0.2) is 24.9 Å². The Hall–Kier alpha value is -7.12.